The van der Waals surface area contributed by atoms with Crippen molar-refractivity contribution in [2.45, 2.75) is 34.1 Å². The molecule has 1 aliphatic rings. The molecule has 0 nitrogen and oxygen atoms in total. The van der Waals surface area contributed by atoms with Crippen LogP contribution in [0, 0.1) is 12.0 Å². The summed E-state index contributed by atoms with van der Waals surface area (Å²) in [5.74, 6) is 0. The Balaban J connectivity index is 0.00000196. The summed E-state index contributed by atoms with van der Waals surface area (Å²) < 4.78 is 0. The molecule has 0 amide bonds. The third-order valence-electron chi connectivity index (χ3n) is 3.01. The van der Waals surface area contributed by atoms with Crippen LogP contribution >= 0.6 is 0 Å². The van der Waals surface area contributed by atoms with Crippen LogP contribution < -0.4 is 18.9 Å². The maximum absolute atomic E-state index is 5.88. The van der Waals surface area contributed by atoms with Crippen LogP contribution in [-0.4, -0.2) is 0 Å². The minimum Gasteiger partial charge on any atom is -0.289 e. The van der Waals surface area contributed by atoms with E-state index in [9.17, 15) is 0 Å². The minimum atomic E-state index is 0. The Hall–Kier alpha value is -0.443. The first kappa shape index (κ1) is 14.6. The molecule has 0 unspecified atom stereocenters. The summed E-state index contributed by atoms with van der Waals surface area (Å²) in [6.45, 7) is 18.5. The zero-order valence-electron chi connectivity index (χ0n) is 10.6. The predicted molar refractivity (Wildman–Crippen MR) is 62.9 cm³/mol. The summed E-state index contributed by atoms with van der Waals surface area (Å²) in [6, 6.07) is 0. The van der Waals surface area contributed by atoms with E-state index in [2.05, 4.69) is 46.4 Å². The van der Waals surface area contributed by atoms with Crippen molar-refractivity contribution in [2.24, 2.45) is 5.41 Å². The topological polar surface area (TPSA) is 0 Å². The molecule has 0 bridgehead atoms. The van der Waals surface area contributed by atoms with E-state index in [1.165, 1.54) is 16.7 Å². The van der Waals surface area contributed by atoms with Gasteiger partial charge in [0.1, 0.15) is 0 Å². The summed E-state index contributed by atoms with van der Waals surface area (Å²) >= 11 is 0. The average molecular weight is 194 g/mol. The van der Waals surface area contributed by atoms with E-state index in [1.54, 1.807) is 0 Å². The maximum atomic E-state index is 5.88. The van der Waals surface area contributed by atoms with Gasteiger partial charge in [0.05, 0.1) is 0 Å². The van der Waals surface area contributed by atoms with Crippen molar-refractivity contribution in [3.8, 4) is 0 Å². The van der Waals surface area contributed by atoms with E-state index in [1.807, 2.05) is 0 Å². The number of hydrogen-bond acceptors (Lipinski definition) is 0. The van der Waals surface area contributed by atoms with Crippen molar-refractivity contribution in [3.63, 3.8) is 0 Å². The van der Waals surface area contributed by atoms with E-state index in [0.717, 1.165) is 12.0 Å². The Morgan fingerprint density at radius 1 is 1.40 bits per heavy atom. The standard InChI is InChI=1S/C14H19.Li/c1-10(2)14(5,6)13-8-11(3)7-12(4)9-13;/h3,8-9H,1,7H2,2,4-6H3;/q-1;+1. The van der Waals surface area contributed by atoms with Crippen molar-refractivity contribution in [3.05, 3.63) is 47.6 Å². The van der Waals surface area contributed by atoms with Crippen LogP contribution in [0.2, 0.25) is 0 Å². The van der Waals surface area contributed by atoms with Crippen LogP contribution in [0.15, 0.2) is 41.0 Å². The summed E-state index contributed by atoms with van der Waals surface area (Å²) in [4.78, 5) is 0. The second kappa shape index (κ2) is 5.06. The molecule has 1 rings (SSSR count). The van der Waals surface area contributed by atoms with Crippen LogP contribution in [0.5, 0.6) is 0 Å². The molecule has 0 atom stereocenters. The third-order valence-corrected chi connectivity index (χ3v) is 3.01. The molecule has 76 valence electrons. The van der Waals surface area contributed by atoms with Crippen LogP contribution in [0.1, 0.15) is 34.1 Å². The molecule has 15 heavy (non-hydrogen) atoms. The van der Waals surface area contributed by atoms with E-state index < -0.39 is 0 Å². The molecule has 0 spiro atoms. The Morgan fingerprint density at radius 2 is 1.93 bits per heavy atom. The normalized spacial score (nSPS) is 16.4. The fourth-order valence-electron chi connectivity index (χ4n) is 1.54. The maximum Gasteiger partial charge on any atom is 1.00 e. The zero-order chi connectivity index (χ0) is 10.9. The van der Waals surface area contributed by atoms with Crippen LogP contribution in [-0.2, 0) is 0 Å². The molecule has 0 heterocycles. The number of hydrogen-bond donors (Lipinski definition) is 0. The summed E-state index contributed by atoms with van der Waals surface area (Å²) in [5, 5.41) is 0. The minimum absolute atomic E-state index is 0. The van der Waals surface area contributed by atoms with Gasteiger partial charge in [0.2, 0.25) is 0 Å². The quantitative estimate of drug-likeness (QED) is 0.352. The Labute approximate surface area is 106 Å². The molecule has 0 aliphatic heterocycles. The van der Waals surface area contributed by atoms with Crippen LogP contribution in [0.3, 0.4) is 0 Å². The van der Waals surface area contributed by atoms with Crippen LogP contribution in [0.4, 0.5) is 0 Å². The van der Waals surface area contributed by atoms with Gasteiger partial charge in [-0.15, -0.1) is 5.57 Å². The second-order valence-corrected chi connectivity index (χ2v) is 4.75. The summed E-state index contributed by atoms with van der Waals surface area (Å²) in [6.07, 6.45) is 5.21. The molecule has 0 aromatic rings. The largest absolute Gasteiger partial charge is 1.00 e. The molecule has 0 saturated carbocycles. The average Bonchev–Trinajstić information content (AvgIpc) is 2.01. The second-order valence-electron chi connectivity index (χ2n) is 4.75. The molecule has 0 aromatic heterocycles. The van der Waals surface area contributed by atoms with Gasteiger partial charge in [-0.3, -0.25) is 6.58 Å². The van der Waals surface area contributed by atoms with E-state index in [-0.39, 0.29) is 24.3 Å². The first-order valence-corrected chi connectivity index (χ1v) is 5.00. The smallest absolute Gasteiger partial charge is 0.289 e. The van der Waals surface area contributed by atoms with Gasteiger partial charge in [0.25, 0.3) is 0 Å². The Bertz CT molecular complexity index is 340. The van der Waals surface area contributed by atoms with Crippen molar-refractivity contribution < 1.29 is 18.9 Å². The number of allylic oxidation sites excluding steroid dienone is 6. The van der Waals surface area contributed by atoms with E-state index in [4.69, 9.17) is 6.58 Å². The molecule has 0 aromatic carbocycles. The SMILES string of the molecule is [CH-]=C1C=C(C(C)(C)C(=C)C)C=C(C)C1.[Li+]. The van der Waals surface area contributed by atoms with Crippen molar-refractivity contribution in [2.75, 3.05) is 0 Å². The van der Waals surface area contributed by atoms with Crippen LogP contribution in [0.25, 0.3) is 0 Å². The van der Waals surface area contributed by atoms with Gasteiger partial charge in [-0.2, -0.15) is 0 Å². The molecule has 1 aliphatic carbocycles. The number of rotatable bonds is 2. The first-order chi connectivity index (χ1) is 6.34. The van der Waals surface area contributed by atoms with Crippen molar-refractivity contribution in [1.29, 1.82) is 0 Å². The van der Waals surface area contributed by atoms with Gasteiger partial charge in [0.15, 0.2) is 0 Å². The molecular formula is C14H19Li. The molecule has 0 saturated heterocycles. The molecular weight excluding hydrogens is 175 g/mol. The Kier molecular flexibility index (Phi) is 4.91. The third kappa shape index (κ3) is 3.26. The first-order valence-electron chi connectivity index (χ1n) is 5.00. The van der Waals surface area contributed by atoms with Gasteiger partial charge >= 0.3 is 18.9 Å². The van der Waals surface area contributed by atoms with Gasteiger partial charge in [0, 0.05) is 0 Å². The van der Waals surface area contributed by atoms with Crippen molar-refractivity contribution >= 4 is 0 Å². The van der Waals surface area contributed by atoms with E-state index >= 15 is 0 Å². The van der Waals surface area contributed by atoms with Gasteiger partial charge in [-0.05, 0) is 25.7 Å². The summed E-state index contributed by atoms with van der Waals surface area (Å²) in [7, 11) is 0. The molecule has 0 fully saturated rings. The van der Waals surface area contributed by atoms with Gasteiger partial charge in [-0.1, -0.05) is 37.6 Å². The van der Waals surface area contributed by atoms with Gasteiger partial charge in [-0.25, -0.2) is 11.6 Å². The predicted octanol–water partition coefficient (Wildman–Crippen LogP) is 1.23. The Morgan fingerprint density at radius 3 is 2.33 bits per heavy atom. The van der Waals surface area contributed by atoms with E-state index in [0.29, 0.717) is 0 Å². The molecule has 0 radical (unpaired) electrons. The monoisotopic (exact) mass is 194 g/mol. The van der Waals surface area contributed by atoms with Crippen molar-refractivity contribution in [1.82, 2.24) is 0 Å². The summed E-state index contributed by atoms with van der Waals surface area (Å²) in [5.41, 5.74) is 4.74. The van der Waals surface area contributed by atoms with Gasteiger partial charge < -0.3 is 0 Å². The fourth-order valence-corrected chi connectivity index (χ4v) is 1.54. The molecule has 0 N–H and O–H groups in total. The fraction of sp³-hybridized carbons (Fsp3) is 0.429. The zero-order valence-corrected chi connectivity index (χ0v) is 10.6. The molecule has 1 heteroatoms.